The van der Waals surface area contributed by atoms with Crippen molar-refractivity contribution in [1.82, 2.24) is 25.1 Å². The summed E-state index contributed by atoms with van der Waals surface area (Å²) in [5, 5.41) is 12.9. The van der Waals surface area contributed by atoms with Crippen molar-refractivity contribution >= 4 is 33.1 Å². The highest BCUT2D eigenvalue weighted by Gasteiger charge is 2.16. The van der Waals surface area contributed by atoms with Crippen LogP contribution in [0, 0.1) is 5.82 Å². The fourth-order valence-electron chi connectivity index (χ4n) is 4.63. The minimum Gasteiger partial charge on any atom is -0.399 e. The van der Waals surface area contributed by atoms with Gasteiger partial charge < -0.3 is 20.9 Å². The van der Waals surface area contributed by atoms with Crippen molar-refractivity contribution in [3.8, 4) is 22.6 Å². The summed E-state index contributed by atoms with van der Waals surface area (Å²) in [6.07, 6.45) is 7.28. The minimum absolute atomic E-state index is 0.314. The maximum absolute atomic E-state index is 14.6. The van der Waals surface area contributed by atoms with Gasteiger partial charge in [0, 0.05) is 52.5 Å². The average Bonchev–Trinajstić information content (AvgIpc) is 3.54. The van der Waals surface area contributed by atoms with Crippen molar-refractivity contribution in [2.45, 2.75) is 6.92 Å². The molecule has 0 saturated carbocycles. The third-order valence-corrected chi connectivity index (χ3v) is 6.63. The molecule has 0 aliphatic heterocycles. The monoisotopic (exact) mass is 521 g/mol. The lowest BCUT2D eigenvalue weighted by Gasteiger charge is -2.12. The van der Waals surface area contributed by atoms with E-state index in [9.17, 15) is 4.39 Å². The predicted molar refractivity (Wildman–Crippen MR) is 160 cm³/mol. The van der Waals surface area contributed by atoms with Crippen molar-refractivity contribution < 1.29 is 4.39 Å². The highest BCUT2D eigenvalue weighted by molar-refractivity contribution is 6.01. The summed E-state index contributed by atoms with van der Waals surface area (Å²) in [7, 11) is 4.01. The third kappa shape index (κ3) is 5.46. The van der Waals surface area contributed by atoms with Crippen LogP contribution in [-0.4, -0.2) is 52.3 Å². The molecular weight excluding hydrogens is 489 g/mol. The first kappa shape index (κ1) is 25.9. The first-order valence-corrected chi connectivity index (χ1v) is 12.8. The highest BCUT2D eigenvalue weighted by atomic mass is 19.1. The average molecular weight is 522 g/mol. The standard InChI is InChI=1S/C31H32FN7/c1-5-19(14-23(33)6-2)20-7-8-28-25(16-20)31(38-37-28)29-18-26-27(36-29)9-10-35-30(26)21-13-22(32)17-24(15-21)34-11-12-39(3)4/h5-10,13-18,34,36H,2,11-12,33H2,1,3-4H3,(H,37,38)/b19-5+,23-14+. The Morgan fingerprint density at radius 3 is 2.67 bits per heavy atom. The molecule has 5 rings (SSSR count). The molecule has 0 saturated heterocycles. The molecule has 5 N–H and O–H groups in total. The Kier molecular flexibility index (Phi) is 7.29. The zero-order valence-electron chi connectivity index (χ0n) is 22.3. The molecule has 0 unspecified atom stereocenters. The molecule has 3 heterocycles. The van der Waals surface area contributed by atoms with Gasteiger partial charge in [-0.2, -0.15) is 5.10 Å². The van der Waals surface area contributed by atoms with Crippen LogP contribution in [0.4, 0.5) is 10.1 Å². The Morgan fingerprint density at radius 2 is 1.90 bits per heavy atom. The van der Waals surface area contributed by atoms with Gasteiger partial charge in [-0.05, 0) is 86.8 Å². The van der Waals surface area contributed by atoms with E-state index < -0.39 is 0 Å². The molecule has 8 heteroatoms. The summed E-state index contributed by atoms with van der Waals surface area (Å²) < 4.78 is 14.6. The Morgan fingerprint density at radius 1 is 1.08 bits per heavy atom. The molecule has 39 heavy (non-hydrogen) atoms. The first-order chi connectivity index (χ1) is 18.9. The second-order valence-corrected chi connectivity index (χ2v) is 9.69. The van der Waals surface area contributed by atoms with Crippen LogP contribution in [0.3, 0.4) is 0 Å². The maximum atomic E-state index is 14.6. The summed E-state index contributed by atoms with van der Waals surface area (Å²) in [4.78, 5) is 10.2. The summed E-state index contributed by atoms with van der Waals surface area (Å²) in [5.74, 6) is -0.314. The molecule has 0 aliphatic rings. The fraction of sp³-hybridized carbons (Fsp3) is 0.161. The molecule has 198 valence electrons. The van der Waals surface area contributed by atoms with Gasteiger partial charge in [-0.25, -0.2) is 4.39 Å². The van der Waals surface area contributed by atoms with Gasteiger partial charge in [0.15, 0.2) is 0 Å². The van der Waals surface area contributed by atoms with E-state index in [2.05, 4.69) is 43.0 Å². The van der Waals surface area contributed by atoms with Crippen molar-refractivity contribution in [3.05, 3.63) is 96.6 Å². The number of aromatic nitrogens is 4. The van der Waals surface area contributed by atoms with Gasteiger partial charge in [0.1, 0.15) is 11.5 Å². The number of halogens is 1. The molecule has 2 aromatic carbocycles. The van der Waals surface area contributed by atoms with Crippen molar-refractivity contribution in [2.75, 3.05) is 32.5 Å². The van der Waals surface area contributed by atoms with Gasteiger partial charge in [-0.15, -0.1) is 0 Å². The molecule has 0 bridgehead atoms. The molecule has 0 fully saturated rings. The molecule has 0 radical (unpaired) electrons. The van der Waals surface area contributed by atoms with Gasteiger partial charge in [0.25, 0.3) is 0 Å². The van der Waals surface area contributed by atoms with Crippen LogP contribution in [0.5, 0.6) is 0 Å². The summed E-state index contributed by atoms with van der Waals surface area (Å²) in [6.45, 7) is 7.27. The van der Waals surface area contributed by atoms with Crippen LogP contribution in [0.25, 0.3) is 50.0 Å². The van der Waals surface area contributed by atoms with Gasteiger partial charge in [-0.1, -0.05) is 18.7 Å². The number of fused-ring (bicyclic) bond motifs is 2. The first-order valence-electron chi connectivity index (χ1n) is 12.8. The fourth-order valence-corrected chi connectivity index (χ4v) is 4.63. The lowest BCUT2D eigenvalue weighted by Crippen LogP contribution is -2.20. The lowest BCUT2D eigenvalue weighted by atomic mass is 10.0. The molecule has 3 aromatic heterocycles. The van der Waals surface area contributed by atoms with Crippen molar-refractivity contribution in [1.29, 1.82) is 0 Å². The second-order valence-electron chi connectivity index (χ2n) is 9.69. The van der Waals surface area contributed by atoms with Gasteiger partial charge in [0.05, 0.1) is 16.9 Å². The molecule has 5 aromatic rings. The van der Waals surface area contributed by atoms with Crippen LogP contribution in [0.1, 0.15) is 12.5 Å². The molecule has 7 nitrogen and oxygen atoms in total. The normalized spacial score (nSPS) is 12.5. The van der Waals surface area contributed by atoms with Crippen molar-refractivity contribution in [3.63, 3.8) is 0 Å². The van der Waals surface area contributed by atoms with E-state index in [0.717, 1.165) is 56.6 Å². The number of anilines is 1. The van der Waals surface area contributed by atoms with Crippen LogP contribution in [0.2, 0.25) is 0 Å². The Balaban J connectivity index is 1.55. The zero-order valence-corrected chi connectivity index (χ0v) is 22.3. The molecule has 0 spiro atoms. The van der Waals surface area contributed by atoms with Gasteiger partial charge in [-0.3, -0.25) is 10.1 Å². The molecular formula is C31H32FN7. The van der Waals surface area contributed by atoms with Gasteiger partial charge >= 0.3 is 0 Å². The molecule has 0 amide bonds. The number of benzene rings is 2. The van der Waals surface area contributed by atoms with Crippen LogP contribution >= 0.6 is 0 Å². The van der Waals surface area contributed by atoms with E-state index >= 15 is 0 Å². The van der Waals surface area contributed by atoms with Crippen molar-refractivity contribution in [2.24, 2.45) is 5.73 Å². The minimum atomic E-state index is -0.314. The number of hydrogen-bond donors (Lipinski definition) is 4. The lowest BCUT2D eigenvalue weighted by molar-refractivity contribution is 0.425. The number of likely N-dealkylation sites (N-methyl/N-ethyl adjacent to an activating group) is 1. The number of rotatable bonds is 9. The van der Waals surface area contributed by atoms with E-state index in [1.165, 1.54) is 12.1 Å². The number of hydrogen-bond acceptors (Lipinski definition) is 5. The number of nitrogens with one attached hydrogen (secondary N) is 3. The number of nitrogens with two attached hydrogens (primary N) is 1. The topological polar surface area (TPSA) is 98.7 Å². The SMILES string of the molecule is C=C/C(N)=C\C(=C/C)c1ccc2[nH]nc(-c3cc4c(-c5cc(F)cc(NCCN(C)C)c5)nccc4[nH]3)c2c1. The number of pyridine rings is 1. The summed E-state index contributed by atoms with van der Waals surface area (Å²) in [5.41, 5.74) is 14.2. The zero-order chi connectivity index (χ0) is 27.5. The quantitative estimate of drug-likeness (QED) is 0.170. The number of aromatic amines is 2. The summed E-state index contributed by atoms with van der Waals surface area (Å²) in [6, 6.07) is 15.0. The number of H-pyrrole nitrogens is 2. The predicted octanol–water partition coefficient (Wildman–Crippen LogP) is 6.32. The Bertz CT molecular complexity index is 1720. The van der Waals surface area contributed by atoms with Gasteiger partial charge in [0.2, 0.25) is 0 Å². The molecule has 0 aliphatic carbocycles. The van der Waals surface area contributed by atoms with Crippen LogP contribution < -0.4 is 11.1 Å². The maximum Gasteiger partial charge on any atom is 0.125 e. The second kappa shape index (κ2) is 11.0. The summed E-state index contributed by atoms with van der Waals surface area (Å²) >= 11 is 0. The Hall–Kier alpha value is -4.69. The van der Waals surface area contributed by atoms with E-state index in [-0.39, 0.29) is 5.82 Å². The van der Waals surface area contributed by atoms with Crippen LogP contribution in [-0.2, 0) is 0 Å². The van der Waals surface area contributed by atoms with Crippen LogP contribution in [0.15, 0.2) is 85.2 Å². The smallest absolute Gasteiger partial charge is 0.125 e. The number of allylic oxidation sites excluding steroid dienone is 4. The third-order valence-electron chi connectivity index (χ3n) is 6.63. The largest absolute Gasteiger partial charge is 0.399 e. The van der Waals surface area contributed by atoms with E-state index in [4.69, 9.17) is 5.73 Å². The molecule has 0 atom stereocenters. The van der Waals surface area contributed by atoms with E-state index in [0.29, 0.717) is 23.5 Å². The number of nitrogens with zero attached hydrogens (tertiary/aromatic N) is 3. The Labute approximate surface area is 226 Å². The highest BCUT2D eigenvalue weighted by Crippen LogP contribution is 2.35. The van der Waals surface area contributed by atoms with E-state index in [1.54, 1.807) is 12.3 Å². The van der Waals surface area contributed by atoms with E-state index in [1.807, 2.05) is 63.5 Å².